The fraction of sp³-hybridized carbons (Fsp3) is 0.158. The summed E-state index contributed by atoms with van der Waals surface area (Å²) in [6, 6.07) is 18.4. The quantitative estimate of drug-likeness (QED) is 0.758. The lowest BCUT2D eigenvalue weighted by molar-refractivity contribution is 0.414. The Kier molecular flexibility index (Phi) is 3.88. The highest BCUT2D eigenvalue weighted by Crippen LogP contribution is 2.34. The zero-order valence-electron chi connectivity index (χ0n) is 13.0. The first-order chi connectivity index (χ1) is 10.7. The zero-order valence-corrected chi connectivity index (χ0v) is 13.0. The van der Waals surface area contributed by atoms with E-state index in [0.717, 1.165) is 34.0 Å². The van der Waals surface area contributed by atoms with Crippen LogP contribution in [-0.2, 0) is 0 Å². The van der Waals surface area contributed by atoms with Crippen molar-refractivity contribution < 1.29 is 9.47 Å². The average molecular weight is 293 g/mol. The fourth-order valence-corrected chi connectivity index (χ4v) is 2.57. The molecule has 0 aliphatic rings. The van der Waals surface area contributed by atoms with Gasteiger partial charge in [0.05, 0.1) is 19.9 Å². The van der Waals surface area contributed by atoms with Gasteiger partial charge in [0.1, 0.15) is 11.5 Å². The second kappa shape index (κ2) is 5.98. The van der Waals surface area contributed by atoms with E-state index in [9.17, 15) is 0 Å². The molecule has 112 valence electrons. The molecule has 3 heteroatoms. The molecule has 2 aromatic carbocycles. The minimum Gasteiger partial charge on any atom is -0.497 e. The molecule has 0 bridgehead atoms. The molecule has 1 aromatic heterocycles. The minimum absolute atomic E-state index is 0.859. The molecule has 0 unspecified atom stereocenters. The highest BCUT2D eigenvalue weighted by Gasteiger charge is 2.11. The number of aromatic amines is 1. The van der Waals surface area contributed by atoms with Gasteiger partial charge >= 0.3 is 0 Å². The Hall–Kier alpha value is -2.68. The molecule has 0 saturated heterocycles. The topological polar surface area (TPSA) is 34.2 Å². The maximum absolute atomic E-state index is 5.23. The van der Waals surface area contributed by atoms with Crippen LogP contribution < -0.4 is 9.47 Å². The molecular weight excluding hydrogens is 274 g/mol. The monoisotopic (exact) mass is 293 g/mol. The minimum atomic E-state index is 0.859. The Balaban J connectivity index is 2.04. The molecule has 1 heterocycles. The molecule has 0 aliphatic carbocycles. The van der Waals surface area contributed by atoms with E-state index in [1.807, 2.05) is 24.3 Å². The van der Waals surface area contributed by atoms with E-state index in [2.05, 4.69) is 42.2 Å². The number of aromatic nitrogens is 1. The van der Waals surface area contributed by atoms with Crippen LogP contribution in [-0.4, -0.2) is 19.2 Å². The van der Waals surface area contributed by atoms with Crippen LogP contribution in [0, 0.1) is 6.92 Å². The van der Waals surface area contributed by atoms with E-state index in [0.29, 0.717) is 0 Å². The van der Waals surface area contributed by atoms with E-state index < -0.39 is 0 Å². The molecule has 0 aliphatic heterocycles. The lowest BCUT2D eigenvalue weighted by atomic mass is 10.0. The van der Waals surface area contributed by atoms with Crippen molar-refractivity contribution in [2.75, 3.05) is 14.2 Å². The summed E-state index contributed by atoms with van der Waals surface area (Å²) < 4.78 is 10.5. The smallest absolute Gasteiger partial charge is 0.118 e. The van der Waals surface area contributed by atoms with Crippen LogP contribution in [0.4, 0.5) is 0 Å². The van der Waals surface area contributed by atoms with E-state index in [4.69, 9.17) is 9.47 Å². The van der Waals surface area contributed by atoms with Gasteiger partial charge in [0.15, 0.2) is 0 Å². The average Bonchev–Trinajstić information content (AvgIpc) is 2.97. The summed E-state index contributed by atoms with van der Waals surface area (Å²) >= 11 is 0. The summed E-state index contributed by atoms with van der Waals surface area (Å²) in [5.74, 6) is 1.72. The second-order valence-electron chi connectivity index (χ2n) is 5.20. The standard InChI is InChI=1S/C19H19NO2/c1-13-12-18(14-4-8-16(21-2)9-5-14)19(20-13)15-6-10-17(22-3)11-7-15/h4-12,20H,1-3H3. The molecule has 1 N–H and O–H groups in total. The van der Waals surface area contributed by atoms with Crippen molar-refractivity contribution in [2.24, 2.45) is 0 Å². The van der Waals surface area contributed by atoms with Crippen LogP contribution in [0.3, 0.4) is 0 Å². The van der Waals surface area contributed by atoms with Crippen molar-refractivity contribution in [2.45, 2.75) is 6.92 Å². The third-order valence-electron chi connectivity index (χ3n) is 3.73. The Bertz CT molecular complexity index is 690. The van der Waals surface area contributed by atoms with Gasteiger partial charge < -0.3 is 14.5 Å². The highest BCUT2D eigenvalue weighted by molar-refractivity contribution is 5.82. The zero-order chi connectivity index (χ0) is 15.5. The van der Waals surface area contributed by atoms with E-state index in [1.165, 1.54) is 5.56 Å². The van der Waals surface area contributed by atoms with Crippen LogP contribution in [0.2, 0.25) is 0 Å². The maximum Gasteiger partial charge on any atom is 0.118 e. The van der Waals surface area contributed by atoms with Crippen molar-refractivity contribution in [3.8, 4) is 33.9 Å². The molecule has 3 aromatic rings. The molecule has 0 atom stereocenters. The maximum atomic E-state index is 5.23. The van der Waals surface area contributed by atoms with Crippen molar-refractivity contribution in [3.05, 3.63) is 60.3 Å². The Morgan fingerprint density at radius 2 is 1.23 bits per heavy atom. The molecule has 0 radical (unpaired) electrons. The van der Waals surface area contributed by atoms with Gasteiger partial charge in [-0.25, -0.2) is 0 Å². The van der Waals surface area contributed by atoms with Crippen LogP contribution >= 0.6 is 0 Å². The van der Waals surface area contributed by atoms with Crippen molar-refractivity contribution in [1.82, 2.24) is 4.98 Å². The van der Waals surface area contributed by atoms with E-state index in [-0.39, 0.29) is 0 Å². The summed E-state index contributed by atoms with van der Waals surface area (Å²) in [5.41, 5.74) is 5.74. The highest BCUT2D eigenvalue weighted by atomic mass is 16.5. The van der Waals surface area contributed by atoms with Crippen LogP contribution in [0.1, 0.15) is 5.69 Å². The number of nitrogens with one attached hydrogen (secondary N) is 1. The van der Waals surface area contributed by atoms with Crippen molar-refractivity contribution >= 4 is 0 Å². The molecular formula is C19H19NO2. The first-order valence-electron chi connectivity index (χ1n) is 7.19. The number of rotatable bonds is 4. The second-order valence-corrected chi connectivity index (χ2v) is 5.20. The van der Waals surface area contributed by atoms with Gasteiger partial charge in [-0.2, -0.15) is 0 Å². The Morgan fingerprint density at radius 1 is 0.727 bits per heavy atom. The molecule has 0 amide bonds. The first kappa shape index (κ1) is 14.3. The number of methoxy groups -OCH3 is 2. The largest absolute Gasteiger partial charge is 0.497 e. The Morgan fingerprint density at radius 3 is 1.73 bits per heavy atom. The van der Waals surface area contributed by atoms with Crippen molar-refractivity contribution in [1.29, 1.82) is 0 Å². The summed E-state index contributed by atoms with van der Waals surface area (Å²) in [6.45, 7) is 2.07. The van der Waals surface area contributed by atoms with Crippen LogP contribution in [0.5, 0.6) is 11.5 Å². The fourth-order valence-electron chi connectivity index (χ4n) is 2.57. The number of ether oxygens (including phenoxy) is 2. The SMILES string of the molecule is COc1ccc(-c2cc(C)[nH]c2-c2ccc(OC)cc2)cc1. The number of H-pyrrole nitrogens is 1. The third kappa shape index (κ3) is 2.70. The molecule has 3 nitrogen and oxygen atoms in total. The number of hydrogen-bond acceptors (Lipinski definition) is 2. The number of hydrogen-bond donors (Lipinski definition) is 1. The lowest BCUT2D eigenvalue weighted by Gasteiger charge is -2.07. The predicted octanol–water partition coefficient (Wildman–Crippen LogP) is 4.67. The van der Waals surface area contributed by atoms with Crippen LogP contribution in [0.25, 0.3) is 22.4 Å². The van der Waals surface area contributed by atoms with E-state index >= 15 is 0 Å². The van der Waals surface area contributed by atoms with Gasteiger partial charge in [-0.3, -0.25) is 0 Å². The summed E-state index contributed by atoms with van der Waals surface area (Å²) in [5, 5.41) is 0. The molecule has 22 heavy (non-hydrogen) atoms. The summed E-state index contributed by atoms with van der Waals surface area (Å²) in [7, 11) is 3.36. The molecule has 0 fully saturated rings. The van der Waals surface area contributed by atoms with Gasteiger partial charge in [0.25, 0.3) is 0 Å². The predicted molar refractivity (Wildman–Crippen MR) is 89.5 cm³/mol. The van der Waals surface area contributed by atoms with Gasteiger partial charge in [-0.05, 0) is 60.5 Å². The lowest BCUT2D eigenvalue weighted by Crippen LogP contribution is -1.86. The summed E-state index contributed by atoms with van der Waals surface area (Å²) in [4.78, 5) is 3.45. The normalized spacial score (nSPS) is 10.5. The summed E-state index contributed by atoms with van der Waals surface area (Å²) in [6.07, 6.45) is 0. The van der Waals surface area contributed by atoms with E-state index in [1.54, 1.807) is 14.2 Å². The third-order valence-corrected chi connectivity index (χ3v) is 3.73. The van der Waals surface area contributed by atoms with Gasteiger partial charge in [0.2, 0.25) is 0 Å². The molecule has 0 saturated carbocycles. The van der Waals surface area contributed by atoms with Crippen LogP contribution in [0.15, 0.2) is 54.6 Å². The van der Waals surface area contributed by atoms with Gasteiger partial charge in [0, 0.05) is 11.3 Å². The van der Waals surface area contributed by atoms with Gasteiger partial charge in [-0.15, -0.1) is 0 Å². The Labute approximate surface area is 130 Å². The number of aryl methyl sites for hydroxylation is 1. The molecule has 0 spiro atoms. The van der Waals surface area contributed by atoms with Crippen molar-refractivity contribution in [3.63, 3.8) is 0 Å². The van der Waals surface area contributed by atoms with Gasteiger partial charge in [-0.1, -0.05) is 12.1 Å². The number of benzene rings is 2. The first-order valence-corrected chi connectivity index (χ1v) is 7.19. The molecule has 3 rings (SSSR count).